The number of aromatic nitrogens is 3. The summed E-state index contributed by atoms with van der Waals surface area (Å²) >= 11 is 0. The van der Waals surface area contributed by atoms with E-state index in [1.807, 2.05) is 24.0 Å². The Morgan fingerprint density at radius 3 is 2.52 bits per heavy atom. The minimum absolute atomic E-state index is 0.00489. The number of piperidine rings is 1. The van der Waals surface area contributed by atoms with Crippen LogP contribution in [-0.2, 0) is 23.3 Å². The van der Waals surface area contributed by atoms with Crippen molar-refractivity contribution in [1.82, 2.24) is 19.4 Å². The molecule has 1 unspecified atom stereocenters. The van der Waals surface area contributed by atoms with E-state index in [-0.39, 0.29) is 29.6 Å². The highest BCUT2D eigenvalue weighted by Crippen LogP contribution is 2.42. The number of halogens is 3. The number of aryl methyl sites for hydroxylation is 1. The van der Waals surface area contributed by atoms with Gasteiger partial charge in [0.2, 0.25) is 0 Å². The second kappa shape index (κ2) is 13.3. The Hall–Kier alpha value is -2.79. The first kappa shape index (κ1) is 31.2. The molecule has 1 N–H and O–H groups in total. The average molecular weight is 630 g/mol. The Labute approximate surface area is 259 Å². The van der Waals surface area contributed by atoms with Gasteiger partial charge in [0, 0.05) is 58.5 Å². The number of rotatable bonds is 1. The fourth-order valence-electron chi connectivity index (χ4n) is 7.12. The lowest BCUT2D eigenvalue weighted by atomic mass is 9.85. The number of nitrogens with one attached hydrogen (secondary N) is 1. The van der Waals surface area contributed by atoms with Gasteiger partial charge >= 0.3 is 0 Å². The molecule has 0 aliphatic carbocycles. The monoisotopic (exact) mass is 629 g/mol. The van der Waals surface area contributed by atoms with Crippen LogP contribution in [0.2, 0.25) is 0 Å². The summed E-state index contributed by atoms with van der Waals surface area (Å²) in [5.74, 6) is -2.12. The van der Waals surface area contributed by atoms with Crippen molar-refractivity contribution in [1.29, 1.82) is 0 Å². The number of pyridine rings is 1. The van der Waals surface area contributed by atoms with Crippen LogP contribution in [0.15, 0.2) is 41.5 Å². The maximum Gasteiger partial charge on any atom is 0.276 e. The van der Waals surface area contributed by atoms with Crippen LogP contribution in [-0.4, -0.2) is 61.0 Å². The van der Waals surface area contributed by atoms with Gasteiger partial charge in [-0.3, -0.25) is 13.6 Å². The Bertz CT molecular complexity index is 1550. The van der Waals surface area contributed by atoms with Crippen molar-refractivity contribution < 1.29 is 17.4 Å². The molecule has 1 aromatic carbocycles. The van der Waals surface area contributed by atoms with Crippen LogP contribution in [0, 0.1) is 5.92 Å². The van der Waals surface area contributed by atoms with Crippen molar-refractivity contribution in [3.63, 3.8) is 0 Å². The predicted octanol–water partition coefficient (Wildman–Crippen LogP) is 6.31. The molecule has 8 bridgehead atoms. The summed E-state index contributed by atoms with van der Waals surface area (Å²) in [7, 11) is -0.859. The summed E-state index contributed by atoms with van der Waals surface area (Å²) in [6.07, 6.45) is 5.00. The lowest BCUT2D eigenvalue weighted by Crippen LogP contribution is -2.42. The van der Waals surface area contributed by atoms with Crippen LogP contribution in [0.5, 0.6) is 0 Å². The average Bonchev–Trinajstić information content (AvgIpc) is 3.02. The lowest BCUT2D eigenvalue weighted by Gasteiger charge is -2.36. The fourth-order valence-corrected chi connectivity index (χ4v) is 8.42. The van der Waals surface area contributed by atoms with Gasteiger partial charge in [-0.1, -0.05) is 31.0 Å². The first-order chi connectivity index (χ1) is 21.2. The zero-order valence-electron chi connectivity index (χ0n) is 25.3. The highest BCUT2D eigenvalue weighted by Gasteiger charge is 2.43. The highest BCUT2D eigenvalue weighted by atomic mass is 32.2. The second-order valence-electron chi connectivity index (χ2n) is 12.8. The normalized spacial score (nSPS) is 30.0. The zero-order valence-corrected chi connectivity index (χ0v) is 26.1. The number of hydrogen-bond donors (Lipinski definition) is 1. The third-order valence-electron chi connectivity index (χ3n) is 9.82. The van der Waals surface area contributed by atoms with Crippen LogP contribution < -0.4 is 10.9 Å². The van der Waals surface area contributed by atoms with E-state index >= 15 is 8.78 Å². The summed E-state index contributed by atoms with van der Waals surface area (Å²) in [4.78, 5) is 24.9. The van der Waals surface area contributed by atoms with Crippen molar-refractivity contribution in [3.05, 3.63) is 63.7 Å². The molecule has 6 heterocycles. The Morgan fingerprint density at radius 2 is 1.75 bits per heavy atom. The molecular weight excluding hydrogens is 587 g/mol. The van der Waals surface area contributed by atoms with Crippen LogP contribution in [0.4, 0.5) is 19.0 Å². The Morgan fingerprint density at radius 1 is 0.977 bits per heavy atom. The number of benzene rings is 1. The quantitative estimate of drug-likeness (QED) is 0.340. The molecule has 3 aromatic rings. The number of anilines is 1. The summed E-state index contributed by atoms with van der Waals surface area (Å²) < 4.78 is 60.4. The third-order valence-corrected chi connectivity index (χ3v) is 11.2. The first-order valence-electron chi connectivity index (χ1n) is 16.1. The first-order valence-corrected chi connectivity index (χ1v) is 17.5. The molecule has 2 aromatic heterocycles. The molecular formula is C33H42F3N5O2S. The van der Waals surface area contributed by atoms with E-state index < -0.39 is 28.8 Å². The molecule has 2 atom stereocenters. The molecule has 2 saturated heterocycles. The van der Waals surface area contributed by atoms with E-state index in [1.54, 1.807) is 16.7 Å². The van der Waals surface area contributed by atoms with Crippen molar-refractivity contribution >= 4 is 27.7 Å². The maximum atomic E-state index is 15.8. The molecule has 2 fully saturated rings. The summed E-state index contributed by atoms with van der Waals surface area (Å²) in [6.45, 7) is 3.59. The summed E-state index contributed by atoms with van der Waals surface area (Å²) in [6, 6.07) is 8.12. The number of fused-ring (bicyclic) bond motifs is 9. The minimum Gasteiger partial charge on any atom is -0.363 e. The minimum atomic E-state index is -2.99. The highest BCUT2D eigenvalue weighted by molar-refractivity contribution is 7.85. The maximum absolute atomic E-state index is 15.8. The van der Waals surface area contributed by atoms with Gasteiger partial charge in [0.25, 0.3) is 11.5 Å². The summed E-state index contributed by atoms with van der Waals surface area (Å²) in [5, 5.41) is 4.13. The van der Waals surface area contributed by atoms with E-state index in [4.69, 9.17) is 0 Å². The van der Waals surface area contributed by atoms with Crippen LogP contribution >= 0.6 is 0 Å². The summed E-state index contributed by atoms with van der Waals surface area (Å²) in [5.41, 5.74) is 1.80. The fraction of sp³-hybridized carbons (Fsp3) is 0.606. The topological polar surface area (TPSA) is 80.1 Å². The molecule has 4 aliphatic rings. The van der Waals surface area contributed by atoms with Crippen LogP contribution in [0.1, 0.15) is 86.9 Å². The van der Waals surface area contributed by atoms with E-state index in [9.17, 15) is 13.4 Å². The van der Waals surface area contributed by atoms with E-state index in [0.29, 0.717) is 104 Å². The number of hydrogen-bond acceptors (Lipinski definition) is 6. The zero-order chi connectivity index (χ0) is 30.8. The van der Waals surface area contributed by atoms with Gasteiger partial charge in [0.1, 0.15) is 24.0 Å². The van der Waals surface area contributed by atoms with Crippen molar-refractivity contribution in [3.8, 4) is 0 Å². The van der Waals surface area contributed by atoms with E-state index in [0.717, 1.165) is 6.42 Å². The van der Waals surface area contributed by atoms with Gasteiger partial charge in [0.15, 0.2) is 0 Å². The molecule has 7 rings (SSSR count). The van der Waals surface area contributed by atoms with Gasteiger partial charge in [-0.15, -0.1) is 0 Å². The number of nitrogens with zero attached hydrogens (tertiary/aromatic N) is 4. The second-order valence-corrected chi connectivity index (χ2v) is 14.5. The van der Waals surface area contributed by atoms with Crippen molar-refractivity contribution in [2.45, 2.75) is 88.9 Å². The molecule has 11 heteroatoms. The predicted molar refractivity (Wildman–Crippen MR) is 169 cm³/mol. The molecule has 0 saturated carbocycles. The molecule has 0 radical (unpaired) electrons. The van der Waals surface area contributed by atoms with Crippen molar-refractivity contribution in [2.24, 2.45) is 5.92 Å². The van der Waals surface area contributed by atoms with E-state index in [1.165, 1.54) is 12.4 Å². The van der Waals surface area contributed by atoms with E-state index in [2.05, 4.69) is 15.3 Å². The van der Waals surface area contributed by atoms with Gasteiger partial charge < -0.3 is 10.2 Å². The molecule has 4 aliphatic heterocycles. The van der Waals surface area contributed by atoms with Gasteiger partial charge in [-0.2, -0.15) is 0 Å². The molecule has 44 heavy (non-hydrogen) atoms. The van der Waals surface area contributed by atoms with Crippen LogP contribution in [0.3, 0.4) is 0 Å². The standard InChI is InChI=1S/C33H42F3N5O2S/c1-22-24-6-5-7-26(18-24)33(35,36)25-9-14-40(15-10-25)20-27(34)8-3-2-4-13-41-31-29(30(39-22)37-21-38-31)19-28(32(41)42)23-11-16-44(43)17-12-23/h5-7,18-19,21-23,25,27H,2-4,8-17,20H2,1H3,(H,37,38,39)/t22-,23?,27?,44?/m1/s1. The molecule has 0 amide bonds. The van der Waals surface area contributed by atoms with Crippen molar-refractivity contribution in [2.75, 3.05) is 36.5 Å². The SMILES string of the molecule is C[C@H]1Nc2ncnc3c2cc(C2CCS(=O)CC2)c(=O)n3CCCCCC(F)CN2CCC(CC2)C(F)(F)c2cccc1c2. The van der Waals surface area contributed by atoms with Gasteiger partial charge in [-0.25, -0.2) is 23.1 Å². The molecule has 7 nitrogen and oxygen atoms in total. The molecule has 0 spiro atoms. The van der Waals surface area contributed by atoms with Crippen LogP contribution in [0.25, 0.3) is 11.0 Å². The number of alkyl halides is 3. The smallest absolute Gasteiger partial charge is 0.276 e. The lowest BCUT2D eigenvalue weighted by molar-refractivity contribution is -0.0865. The largest absolute Gasteiger partial charge is 0.363 e. The Balaban J connectivity index is 1.39. The Kier molecular flexibility index (Phi) is 9.42. The molecule has 238 valence electrons. The van der Waals surface area contributed by atoms with Gasteiger partial charge in [0.05, 0.1) is 5.39 Å². The van der Waals surface area contributed by atoms with Gasteiger partial charge in [-0.05, 0) is 82.2 Å². The third kappa shape index (κ3) is 6.59.